The molecule has 80 valence electrons. The van der Waals surface area contributed by atoms with E-state index in [2.05, 4.69) is 4.98 Å². The number of nitrogens with two attached hydrogens (primary N) is 1. The van der Waals surface area contributed by atoms with Crippen LogP contribution >= 0.6 is 0 Å². The summed E-state index contributed by atoms with van der Waals surface area (Å²) >= 11 is 0. The zero-order valence-corrected chi connectivity index (χ0v) is 8.31. The van der Waals surface area contributed by atoms with E-state index in [-0.39, 0.29) is 11.5 Å². The third-order valence-corrected chi connectivity index (χ3v) is 1.41. The van der Waals surface area contributed by atoms with Crippen molar-refractivity contribution >= 4 is 5.82 Å². The number of nitrogen functional groups attached to an aromatic ring is 1. The van der Waals surface area contributed by atoms with Crippen LogP contribution in [0, 0.1) is 6.92 Å². The Kier molecular flexibility index (Phi) is 4.40. The van der Waals surface area contributed by atoms with Gasteiger partial charge in [-0.15, -0.1) is 0 Å². The van der Waals surface area contributed by atoms with Crippen LogP contribution in [0.25, 0.3) is 0 Å². The van der Waals surface area contributed by atoms with Gasteiger partial charge in [0.05, 0.1) is 11.3 Å². The van der Waals surface area contributed by atoms with E-state index in [4.69, 9.17) is 5.73 Å². The largest absolute Gasteiger partial charge is 0.418 e. The van der Waals surface area contributed by atoms with Crippen molar-refractivity contribution in [2.75, 3.05) is 5.73 Å². The van der Waals surface area contributed by atoms with Crippen LogP contribution in [-0.4, -0.2) is 4.98 Å². The van der Waals surface area contributed by atoms with Crippen molar-refractivity contribution in [3.63, 3.8) is 0 Å². The van der Waals surface area contributed by atoms with Crippen LogP contribution in [0.2, 0.25) is 0 Å². The highest BCUT2D eigenvalue weighted by Crippen LogP contribution is 2.31. The van der Waals surface area contributed by atoms with Crippen molar-refractivity contribution in [1.82, 2.24) is 4.98 Å². The highest BCUT2D eigenvalue weighted by molar-refractivity contribution is 5.34. The lowest BCUT2D eigenvalue weighted by Gasteiger charge is -2.08. The van der Waals surface area contributed by atoms with Gasteiger partial charge in [-0.25, -0.2) is 4.98 Å². The Hall–Kier alpha value is -1.26. The lowest BCUT2D eigenvalue weighted by Crippen LogP contribution is -2.09. The first-order valence-electron chi connectivity index (χ1n) is 4.21. The molecule has 5 heteroatoms. The van der Waals surface area contributed by atoms with E-state index in [0.29, 0.717) is 0 Å². The van der Waals surface area contributed by atoms with Crippen molar-refractivity contribution < 1.29 is 13.2 Å². The normalized spacial score (nSPS) is 10.4. The Morgan fingerprint density at radius 3 is 2.07 bits per heavy atom. The van der Waals surface area contributed by atoms with Gasteiger partial charge >= 0.3 is 6.18 Å². The number of alkyl halides is 3. The monoisotopic (exact) mass is 206 g/mol. The maximum atomic E-state index is 12.1. The van der Waals surface area contributed by atoms with Crippen LogP contribution < -0.4 is 5.73 Å². The van der Waals surface area contributed by atoms with E-state index >= 15 is 0 Å². The summed E-state index contributed by atoms with van der Waals surface area (Å²) in [5.41, 5.74) is 4.36. The van der Waals surface area contributed by atoms with E-state index in [1.807, 2.05) is 13.8 Å². The Labute approximate surface area is 81.0 Å². The minimum Gasteiger partial charge on any atom is -0.384 e. The van der Waals surface area contributed by atoms with E-state index in [9.17, 15) is 13.2 Å². The van der Waals surface area contributed by atoms with Crippen molar-refractivity contribution in [1.29, 1.82) is 0 Å². The molecule has 0 saturated carbocycles. The molecule has 0 aliphatic heterocycles. The Morgan fingerprint density at radius 2 is 1.71 bits per heavy atom. The molecule has 0 amide bonds. The summed E-state index contributed by atoms with van der Waals surface area (Å²) in [4.78, 5) is 3.50. The third kappa shape index (κ3) is 3.24. The van der Waals surface area contributed by atoms with Crippen LogP contribution in [0.4, 0.5) is 19.0 Å². The minimum atomic E-state index is -4.34. The SMILES string of the molecule is CC.Cc1nc(N)ccc1C(F)(F)F. The molecule has 2 nitrogen and oxygen atoms in total. The number of hydrogen-bond acceptors (Lipinski definition) is 2. The zero-order chi connectivity index (χ0) is 11.4. The molecule has 0 unspecified atom stereocenters. The van der Waals surface area contributed by atoms with Gasteiger partial charge in [-0.1, -0.05) is 13.8 Å². The summed E-state index contributed by atoms with van der Waals surface area (Å²) in [6.45, 7) is 5.28. The van der Waals surface area contributed by atoms with Gasteiger partial charge in [0.1, 0.15) is 5.82 Å². The molecule has 1 heterocycles. The first-order valence-corrected chi connectivity index (χ1v) is 4.21. The lowest BCUT2D eigenvalue weighted by molar-refractivity contribution is -0.138. The van der Waals surface area contributed by atoms with Crippen LogP contribution in [0.15, 0.2) is 12.1 Å². The van der Waals surface area contributed by atoms with Crippen molar-refractivity contribution in [3.8, 4) is 0 Å². The number of aryl methyl sites for hydroxylation is 1. The van der Waals surface area contributed by atoms with E-state index in [0.717, 1.165) is 12.1 Å². The van der Waals surface area contributed by atoms with Gasteiger partial charge in [-0.05, 0) is 19.1 Å². The first-order chi connectivity index (χ1) is 6.41. The highest BCUT2D eigenvalue weighted by atomic mass is 19.4. The van der Waals surface area contributed by atoms with Crippen LogP contribution in [0.3, 0.4) is 0 Å². The molecular formula is C9H13F3N2. The van der Waals surface area contributed by atoms with Gasteiger partial charge in [0, 0.05) is 0 Å². The Morgan fingerprint density at radius 1 is 1.21 bits per heavy atom. The maximum Gasteiger partial charge on any atom is 0.418 e. The molecule has 0 saturated heterocycles. The second-order valence-electron chi connectivity index (χ2n) is 2.37. The summed E-state index contributed by atoms with van der Waals surface area (Å²) in [5, 5.41) is 0. The molecule has 1 aromatic rings. The second kappa shape index (κ2) is 4.83. The van der Waals surface area contributed by atoms with Crippen LogP contribution in [-0.2, 0) is 6.18 Å². The van der Waals surface area contributed by atoms with Crippen LogP contribution in [0.1, 0.15) is 25.1 Å². The molecule has 0 bridgehead atoms. The van der Waals surface area contributed by atoms with Gasteiger partial charge in [0.2, 0.25) is 0 Å². The Balaban J connectivity index is 0.000000791. The number of hydrogen-bond donors (Lipinski definition) is 1. The molecule has 1 aromatic heterocycles. The third-order valence-electron chi connectivity index (χ3n) is 1.41. The lowest BCUT2D eigenvalue weighted by atomic mass is 10.2. The summed E-state index contributed by atoms with van der Waals surface area (Å²) < 4.78 is 36.3. The Bertz CT molecular complexity index is 295. The molecule has 0 aliphatic carbocycles. The summed E-state index contributed by atoms with van der Waals surface area (Å²) in [5.74, 6) is 0.0977. The van der Waals surface area contributed by atoms with Crippen molar-refractivity contribution in [3.05, 3.63) is 23.4 Å². The molecule has 0 aliphatic rings. The van der Waals surface area contributed by atoms with Crippen LogP contribution in [0.5, 0.6) is 0 Å². The molecule has 0 atom stereocenters. The molecule has 14 heavy (non-hydrogen) atoms. The number of pyridine rings is 1. The maximum absolute atomic E-state index is 12.1. The van der Waals surface area contributed by atoms with Crippen molar-refractivity contribution in [2.24, 2.45) is 0 Å². The molecule has 0 spiro atoms. The summed E-state index contributed by atoms with van der Waals surface area (Å²) in [7, 11) is 0. The smallest absolute Gasteiger partial charge is 0.384 e. The number of anilines is 1. The number of nitrogens with zero attached hydrogens (tertiary/aromatic N) is 1. The van der Waals surface area contributed by atoms with Gasteiger partial charge in [0.15, 0.2) is 0 Å². The van der Waals surface area contributed by atoms with Gasteiger partial charge in [-0.2, -0.15) is 13.2 Å². The fourth-order valence-electron chi connectivity index (χ4n) is 0.880. The fraction of sp³-hybridized carbons (Fsp3) is 0.444. The molecule has 0 fully saturated rings. The summed E-state index contributed by atoms with van der Waals surface area (Å²) in [6.07, 6.45) is -4.34. The average molecular weight is 206 g/mol. The zero-order valence-electron chi connectivity index (χ0n) is 8.31. The van der Waals surface area contributed by atoms with Gasteiger partial charge < -0.3 is 5.73 Å². The highest BCUT2D eigenvalue weighted by Gasteiger charge is 2.32. The van der Waals surface area contributed by atoms with Gasteiger partial charge in [0.25, 0.3) is 0 Å². The molecule has 0 aromatic carbocycles. The van der Waals surface area contributed by atoms with E-state index in [1.54, 1.807) is 0 Å². The molecule has 2 N–H and O–H groups in total. The predicted octanol–water partition coefficient (Wildman–Crippen LogP) is 3.02. The quantitative estimate of drug-likeness (QED) is 0.708. The molecular weight excluding hydrogens is 193 g/mol. The van der Waals surface area contributed by atoms with Gasteiger partial charge in [-0.3, -0.25) is 0 Å². The number of rotatable bonds is 0. The molecule has 0 radical (unpaired) electrons. The van der Waals surface area contributed by atoms with Crippen molar-refractivity contribution in [2.45, 2.75) is 26.9 Å². The first kappa shape index (κ1) is 12.7. The minimum absolute atomic E-state index is 0.0949. The second-order valence-corrected chi connectivity index (χ2v) is 2.37. The predicted molar refractivity (Wildman–Crippen MR) is 49.7 cm³/mol. The number of halogens is 3. The standard InChI is InChI=1S/C7H7F3N2.C2H6/c1-4-5(7(8,9)10)2-3-6(11)12-4;1-2/h2-3H,1H3,(H2,11,12);1-2H3. The summed E-state index contributed by atoms with van der Waals surface area (Å²) in [6, 6.07) is 2.06. The molecule has 1 rings (SSSR count). The van der Waals surface area contributed by atoms with E-state index in [1.165, 1.54) is 6.92 Å². The number of aromatic nitrogens is 1. The topological polar surface area (TPSA) is 38.9 Å². The average Bonchev–Trinajstić information content (AvgIpc) is 2.05. The fourth-order valence-corrected chi connectivity index (χ4v) is 0.880. The van der Waals surface area contributed by atoms with E-state index < -0.39 is 11.7 Å².